The monoisotopic (exact) mass is 532 g/mol. The molecular weight excluding hydrogens is 480 g/mol. The van der Waals surface area contributed by atoms with E-state index in [1.165, 1.54) is 18.1 Å². The number of allylic oxidation sites excluding steroid dienone is 1. The van der Waals surface area contributed by atoms with Crippen LogP contribution in [0, 0.1) is 39.4 Å². The van der Waals surface area contributed by atoms with Gasteiger partial charge in [-0.05, 0) is 92.8 Å². The minimum atomic E-state index is -1.36. The van der Waals surface area contributed by atoms with Gasteiger partial charge >= 0.3 is 5.97 Å². The summed E-state index contributed by atoms with van der Waals surface area (Å²) in [6.45, 7) is 17.9. The molecule has 4 aliphatic carbocycles. The van der Waals surface area contributed by atoms with Gasteiger partial charge in [0.2, 0.25) is 0 Å². The highest BCUT2D eigenvalue weighted by atomic mass is 16.6. The van der Waals surface area contributed by atoms with E-state index in [1.807, 2.05) is 0 Å². The summed E-state index contributed by atoms with van der Waals surface area (Å²) in [6.07, 6.45) is 3.98. The van der Waals surface area contributed by atoms with Crippen molar-refractivity contribution in [2.75, 3.05) is 0 Å². The lowest BCUT2D eigenvalue weighted by atomic mass is 9.36. The molecule has 216 valence electrons. The standard InChI is InChI=1S/C32H52O6/c1-18(16-23(35)27(29(5,6)37)38-19(2)33)20-10-14-31(8)21(20)17-22(34)26-30(7)13-12-25(36)28(3,4)24(30)11-15-32(26,31)9/h18,22-24,26-27,34-35,37H,10-17H2,1-9H3/t18-,22+,23+,24+,26+,27+,30+,31+,32+/m1/s1. The second-order valence-electron chi connectivity index (χ2n) is 15.1. The second-order valence-corrected chi connectivity index (χ2v) is 15.1. The van der Waals surface area contributed by atoms with Crippen molar-refractivity contribution in [2.45, 2.75) is 138 Å². The summed E-state index contributed by atoms with van der Waals surface area (Å²) < 4.78 is 5.34. The molecule has 38 heavy (non-hydrogen) atoms. The van der Waals surface area contributed by atoms with Crippen molar-refractivity contribution in [2.24, 2.45) is 39.4 Å². The Balaban J connectivity index is 1.66. The van der Waals surface area contributed by atoms with E-state index in [1.54, 1.807) is 13.8 Å². The summed E-state index contributed by atoms with van der Waals surface area (Å²) in [6, 6.07) is 0. The molecule has 0 aromatic heterocycles. The average Bonchev–Trinajstić information content (AvgIpc) is 3.12. The fourth-order valence-corrected chi connectivity index (χ4v) is 10.2. The third kappa shape index (κ3) is 4.32. The van der Waals surface area contributed by atoms with Gasteiger partial charge in [-0.25, -0.2) is 0 Å². The number of hydrogen-bond donors (Lipinski definition) is 3. The first-order valence-electron chi connectivity index (χ1n) is 14.8. The molecule has 6 nitrogen and oxygen atoms in total. The molecule has 9 atom stereocenters. The molecule has 6 heteroatoms. The van der Waals surface area contributed by atoms with Crippen molar-refractivity contribution < 1.29 is 29.6 Å². The minimum absolute atomic E-state index is 0.0349. The van der Waals surface area contributed by atoms with E-state index in [0.717, 1.165) is 32.1 Å². The van der Waals surface area contributed by atoms with Crippen molar-refractivity contribution in [3.8, 4) is 0 Å². The minimum Gasteiger partial charge on any atom is -0.457 e. The number of carbonyl (C=O) groups excluding carboxylic acids is 2. The van der Waals surface area contributed by atoms with Gasteiger partial charge in [0.25, 0.3) is 0 Å². The third-order valence-electron chi connectivity index (χ3n) is 12.2. The zero-order chi connectivity index (χ0) is 28.6. The van der Waals surface area contributed by atoms with Crippen LogP contribution in [0.5, 0.6) is 0 Å². The van der Waals surface area contributed by atoms with Crippen LogP contribution in [0.25, 0.3) is 0 Å². The van der Waals surface area contributed by atoms with Gasteiger partial charge in [-0.3, -0.25) is 9.59 Å². The molecule has 0 unspecified atom stereocenters. The smallest absolute Gasteiger partial charge is 0.303 e. The van der Waals surface area contributed by atoms with E-state index in [4.69, 9.17) is 4.74 Å². The third-order valence-corrected chi connectivity index (χ3v) is 12.2. The van der Waals surface area contributed by atoms with Gasteiger partial charge < -0.3 is 20.1 Å². The number of aliphatic hydroxyl groups is 3. The predicted octanol–water partition coefficient (Wildman–Crippen LogP) is 5.37. The molecule has 0 saturated heterocycles. The van der Waals surface area contributed by atoms with Crippen molar-refractivity contribution in [3.05, 3.63) is 11.1 Å². The van der Waals surface area contributed by atoms with E-state index in [-0.39, 0.29) is 39.4 Å². The molecule has 3 saturated carbocycles. The topological polar surface area (TPSA) is 104 Å². The lowest BCUT2D eigenvalue weighted by Gasteiger charge is -2.69. The summed E-state index contributed by atoms with van der Waals surface area (Å²) in [5.74, 6) is 0.305. The van der Waals surface area contributed by atoms with Crippen LogP contribution in [-0.2, 0) is 14.3 Å². The first-order valence-corrected chi connectivity index (χ1v) is 14.8. The van der Waals surface area contributed by atoms with E-state index < -0.39 is 29.9 Å². The molecule has 0 amide bonds. The van der Waals surface area contributed by atoms with Gasteiger partial charge in [-0.15, -0.1) is 0 Å². The van der Waals surface area contributed by atoms with Crippen LogP contribution in [0.15, 0.2) is 11.1 Å². The number of carbonyl (C=O) groups is 2. The number of esters is 1. The zero-order valence-electron chi connectivity index (χ0n) is 25.2. The zero-order valence-corrected chi connectivity index (χ0v) is 25.2. The quantitative estimate of drug-likeness (QED) is 0.314. The van der Waals surface area contributed by atoms with Crippen LogP contribution in [0.3, 0.4) is 0 Å². The van der Waals surface area contributed by atoms with Crippen molar-refractivity contribution >= 4 is 11.8 Å². The fourth-order valence-electron chi connectivity index (χ4n) is 10.2. The number of ketones is 1. The molecule has 0 radical (unpaired) electrons. The van der Waals surface area contributed by atoms with Gasteiger partial charge in [0, 0.05) is 18.8 Å². The Morgan fingerprint density at radius 1 is 1.11 bits per heavy atom. The number of rotatable bonds is 6. The van der Waals surface area contributed by atoms with E-state index in [0.29, 0.717) is 25.0 Å². The van der Waals surface area contributed by atoms with E-state index >= 15 is 0 Å². The highest BCUT2D eigenvalue weighted by Crippen LogP contribution is 2.74. The molecule has 0 aromatic rings. The molecular formula is C32H52O6. The molecule has 4 rings (SSSR count). The second kappa shape index (κ2) is 9.41. The number of hydrogen-bond acceptors (Lipinski definition) is 6. The Labute approximate surface area is 229 Å². The molecule has 3 N–H and O–H groups in total. The molecule has 3 fully saturated rings. The van der Waals surface area contributed by atoms with Crippen molar-refractivity contribution in [1.82, 2.24) is 0 Å². The van der Waals surface area contributed by atoms with Gasteiger partial charge in [0.05, 0.1) is 17.8 Å². The lowest BCUT2D eigenvalue weighted by molar-refractivity contribution is -0.208. The molecule has 0 bridgehead atoms. The van der Waals surface area contributed by atoms with Crippen LogP contribution in [0.4, 0.5) is 0 Å². The summed E-state index contributed by atoms with van der Waals surface area (Å²) in [5, 5.41) is 33.5. The summed E-state index contributed by atoms with van der Waals surface area (Å²) in [5.41, 5.74) is 0.754. The van der Waals surface area contributed by atoms with E-state index in [9.17, 15) is 24.9 Å². The summed E-state index contributed by atoms with van der Waals surface area (Å²) >= 11 is 0. The van der Waals surface area contributed by atoms with Gasteiger partial charge in [0.15, 0.2) is 6.10 Å². The fraction of sp³-hybridized carbons (Fsp3) is 0.875. The molecule has 0 aliphatic heterocycles. The lowest BCUT2D eigenvalue weighted by Crippen LogP contribution is -2.65. The molecule has 0 heterocycles. The Bertz CT molecular complexity index is 1010. The Hall–Kier alpha value is -1.24. The maximum absolute atomic E-state index is 12.9. The van der Waals surface area contributed by atoms with Crippen LogP contribution in [0.1, 0.15) is 114 Å². The van der Waals surface area contributed by atoms with Crippen molar-refractivity contribution in [1.29, 1.82) is 0 Å². The SMILES string of the molecule is CC(=O)O[C@@H]([C@@H](O)C[C@@H](C)C1=C2C[C@H](O)[C@H]3[C@@]4(C)CCC(=O)C(C)(C)[C@@H]4CC[C@]3(C)[C@@]2(C)CC1)C(C)(C)O. The first kappa shape index (κ1) is 29.7. The molecule has 4 aliphatic rings. The maximum atomic E-state index is 12.9. The van der Waals surface area contributed by atoms with Crippen molar-refractivity contribution in [3.63, 3.8) is 0 Å². The predicted molar refractivity (Wildman–Crippen MR) is 147 cm³/mol. The Morgan fingerprint density at radius 3 is 2.32 bits per heavy atom. The normalized spacial score (nSPS) is 41.1. The van der Waals surface area contributed by atoms with E-state index in [2.05, 4.69) is 41.5 Å². The number of aliphatic hydroxyl groups excluding tert-OH is 2. The highest BCUT2D eigenvalue weighted by molar-refractivity contribution is 5.85. The Morgan fingerprint density at radius 2 is 1.74 bits per heavy atom. The average molecular weight is 533 g/mol. The number of Topliss-reactive ketones (excluding diaryl/α,β-unsaturated/α-hetero) is 1. The molecule has 0 spiro atoms. The van der Waals surface area contributed by atoms with Crippen LogP contribution in [-0.4, -0.2) is 51.0 Å². The van der Waals surface area contributed by atoms with Crippen LogP contribution < -0.4 is 0 Å². The van der Waals surface area contributed by atoms with Crippen LogP contribution in [0.2, 0.25) is 0 Å². The van der Waals surface area contributed by atoms with Gasteiger partial charge in [-0.2, -0.15) is 0 Å². The Kier molecular flexibility index (Phi) is 7.36. The van der Waals surface area contributed by atoms with Gasteiger partial charge in [0.1, 0.15) is 5.78 Å². The largest absolute Gasteiger partial charge is 0.457 e. The highest BCUT2D eigenvalue weighted by Gasteiger charge is 2.69. The number of ether oxygens (including phenoxy) is 1. The first-order chi connectivity index (χ1) is 17.3. The number of fused-ring (bicyclic) bond motifs is 5. The summed E-state index contributed by atoms with van der Waals surface area (Å²) in [4.78, 5) is 24.6. The maximum Gasteiger partial charge on any atom is 0.303 e. The van der Waals surface area contributed by atoms with Gasteiger partial charge in [-0.1, -0.05) is 52.7 Å². The molecule has 0 aromatic carbocycles. The summed E-state index contributed by atoms with van der Waals surface area (Å²) in [7, 11) is 0. The van der Waals surface area contributed by atoms with Crippen LogP contribution >= 0.6 is 0 Å².